The van der Waals surface area contributed by atoms with Crippen LogP contribution in [0.1, 0.15) is 51.6 Å². The van der Waals surface area contributed by atoms with Crippen LogP contribution in [-0.2, 0) is 0 Å². The number of pyridine rings is 1. The predicted octanol–water partition coefficient (Wildman–Crippen LogP) is 3.32. The van der Waals surface area contributed by atoms with Gasteiger partial charge in [0.1, 0.15) is 5.75 Å². The zero-order chi connectivity index (χ0) is 12.5. The normalized spacial score (nSPS) is 12.4. The molecule has 1 N–H and O–H groups in total. The minimum absolute atomic E-state index is 0.396. The summed E-state index contributed by atoms with van der Waals surface area (Å²) in [5.41, 5.74) is 1.23. The fourth-order valence-corrected chi connectivity index (χ4v) is 1.87. The maximum atomic E-state index is 5.49. The molecule has 1 rings (SSSR count). The highest BCUT2D eigenvalue weighted by Gasteiger charge is 2.10. The van der Waals surface area contributed by atoms with Gasteiger partial charge in [-0.1, -0.05) is 20.3 Å². The van der Waals surface area contributed by atoms with E-state index >= 15 is 0 Å². The molecule has 17 heavy (non-hydrogen) atoms. The van der Waals surface area contributed by atoms with Gasteiger partial charge in [0.2, 0.25) is 0 Å². The lowest BCUT2D eigenvalue weighted by molar-refractivity contribution is 0.337. The molecule has 1 aromatic rings. The van der Waals surface area contributed by atoms with Crippen molar-refractivity contribution in [3.63, 3.8) is 0 Å². The number of nitrogens with zero attached hydrogens (tertiary/aromatic N) is 1. The van der Waals surface area contributed by atoms with Crippen molar-refractivity contribution in [3.8, 4) is 5.75 Å². The van der Waals surface area contributed by atoms with Gasteiger partial charge in [0, 0.05) is 12.2 Å². The number of hydrogen-bond acceptors (Lipinski definition) is 3. The van der Waals surface area contributed by atoms with Gasteiger partial charge in [0.05, 0.1) is 12.8 Å². The summed E-state index contributed by atoms with van der Waals surface area (Å²) in [5.74, 6) is 0.865. The Morgan fingerprint density at radius 2 is 2.06 bits per heavy atom. The van der Waals surface area contributed by atoms with E-state index in [-0.39, 0.29) is 0 Å². The van der Waals surface area contributed by atoms with Crippen molar-refractivity contribution in [1.82, 2.24) is 10.3 Å². The fourth-order valence-electron chi connectivity index (χ4n) is 1.87. The van der Waals surface area contributed by atoms with Crippen LogP contribution in [0.15, 0.2) is 18.5 Å². The van der Waals surface area contributed by atoms with E-state index in [4.69, 9.17) is 4.74 Å². The summed E-state index contributed by atoms with van der Waals surface area (Å²) < 4.78 is 5.49. The first-order valence-electron chi connectivity index (χ1n) is 6.62. The van der Waals surface area contributed by atoms with Crippen LogP contribution in [-0.4, -0.2) is 18.1 Å². The molecule has 1 atom stereocenters. The molecule has 0 spiro atoms. The Morgan fingerprint density at radius 1 is 1.24 bits per heavy atom. The summed E-state index contributed by atoms with van der Waals surface area (Å²) in [6, 6.07) is 2.49. The van der Waals surface area contributed by atoms with Crippen LogP contribution in [0.2, 0.25) is 0 Å². The van der Waals surface area contributed by atoms with Crippen LogP contribution in [0, 0.1) is 0 Å². The minimum atomic E-state index is 0.396. The van der Waals surface area contributed by atoms with E-state index in [1.807, 2.05) is 13.1 Å². The molecule has 0 amide bonds. The molecule has 1 aromatic heterocycles. The van der Waals surface area contributed by atoms with E-state index in [1.165, 1.54) is 12.0 Å². The van der Waals surface area contributed by atoms with Gasteiger partial charge < -0.3 is 10.1 Å². The largest absolute Gasteiger partial charge is 0.492 e. The maximum Gasteiger partial charge on any atom is 0.137 e. The van der Waals surface area contributed by atoms with Gasteiger partial charge >= 0.3 is 0 Å². The number of hydrogen-bond donors (Lipinski definition) is 1. The number of nitrogens with one attached hydrogen (secondary N) is 1. The summed E-state index contributed by atoms with van der Waals surface area (Å²) in [5, 5.41) is 3.56. The van der Waals surface area contributed by atoms with Gasteiger partial charge in [0.25, 0.3) is 0 Å². The van der Waals surface area contributed by atoms with Crippen LogP contribution in [0.25, 0.3) is 0 Å². The molecular weight excluding hydrogens is 212 g/mol. The number of rotatable bonds is 8. The highest BCUT2D eigenvalue weighted by molar-refractivity contribution is 5.26. The molecule has 0 aliphatic heterocycles. The lowest BCUT2D eigenvalue weighted by Crippen LogP contribution is -2.22. The molecule has 0 aliphatic rings. The Balaban J connectivity index is 2.73. The Kier molecular flexibility index (Phi) is 6.63. The minimum Gasteiger partial charge on any atom is -0.492 e. The standard InChI is InChI=1S/C14H24N2O/c1-4-7-14(16-8-5-2)12-9-13(17-6-3)11-15-10-12/h9-11,14,16H,4-8H2,1-3H3. The van der Waals surface area contributed by atoms with Crippen molar-refractivity contribution < 1.29 is 4.74 Å². The summed E-state index contributed by atoms with van der Waals surface area (Å²) in [6.45, 7) is 8.12. The van der Waals surface area contributed by atoms with E-state index in [0.717, 1.165) is 25.1 Å². The summed E-state index contributed by atoms with van der Waals surface area (Å²) >= 11 is 0. The van der Waals surface area contributed by atoms with Crippen molar-refractivity contribution in [1.29, 1.82) is 0 Å². The predicted molar refractivity (Wildman–Crippen MR) is 71.3 cm³/mol. The third-order valence-electron chi connectivity index (χ3n) is 2.67. The lowest BCUT2D eigenvalue weighted by atomic mass is 10.0. The van der Waals surface area contributed by atoms with Crippen molar-refractivity contribution in [3.05, 3.63) is 24.0 Å². The second-order valence-electron chi connectivity index (χ2n) is 4.18. The number of ether oxygens (including phenoxy) is 1. The van der Waals surface area contributed by atoms with Crippen LogP contribution < -0.4 is 10.1 Å². The van der Waals surface area contributed by atoms with Crippen molar-refractivity contribution in [2.24, 2.45) is 0 Å². The molecule has 1 unspecified atom stereocenters. The van der Waals surface area contributed by atoms with Gasteiger partial charge in [-0.05, 0) is 37.9 Å². The molecule has 0 bridgehead atoms. The van der Waals surface area contributed by atoms with Crippen LogP contribution in [0.5, 0.6) is 5.75 Å². The first-order valence-corrected chi connectivity index (χ1v) is 6.62. The zero-order valence-electron chi connectivity index (χ0n) is 11.2. The smallest absolute Gasteiger partial charge is 0.137 e. The third kappa shape index (κ3) is 4.73. The summed E-state index contributed by atoms with van der Waals surface area (Å²) in [7, 11) is 0. The Bertz CT molecular complexity index is 315. The van der Waals surface area contributed by atoms with Gasteiger partial charge in [-0.2, -0.15) is 0 Å². The van der Waals surface area contributed by atoms with E-state index in [1.54, 1.807) is 6.20 Å². The van der Waals surface area contributed by atoms with E-state index in [0.29, 0.717) is 12.6 Å². The van der Waals surface area contributed by atoms with Crippen LogP contribution in [0.4, 0.5) is 0 Å². The fraction of sp³-hybridized carbons (Fsp3) is 0.643. The molecule has 0 aromatic carbocycles. The van der Waals surface area contributed by atoms with Crippen molar-refractivity contribution in [2.75, 3.05) is 13.2 Å². The molecule has 1 heterocycles. The van der Waals surface area contributed by atoms with E-state index < -0.39 is 0 Å². The van der Waals surface area contributed by atoms with Crippen molar-refractivity contribution in [2.45, 2.75) is 46.1 Å². The quantitative estimate of drug-likeness (QED) is 0.752. The number of aromatic nitrogens is 1. The van der Waals surface area contributed by atoms with Gasteiger partial charge in [-0.25, -0.2) is 0 Å². The van der Waals surface area contributed by atoms with Crippen molar-refractivity contribution >= 4 is 0 Å². The SMILES string of the molecule is CCCNC(CCC)c1cncc(OCC)c1. The molecule has 0 saturated carbocycles. The lowest BCUT2D eigenvalue weighted by Gasteiger charge is -2.18. The monoisotopic (exact) mass is 236 g/mol. The molecule has 0 fully saturated rings. The van der Waals surface area contributed by atoms with E-state index in [2.05, 4.69) is 30.2 Å². The molecule has 3 heteroatoms. The first-order chi connectivity index (χ1) is 8.31. The highest BCUT2D eigenvalue weighted by Crippen LogP contribution is 2.21. The molecule has 0 aliphatic carbocycles. The van der Waals surface area contributed by atoms with Gasteiger partial charge in [-0.15, -0.1) is 0 Å². The molecule has 96 valence electrons. The molecular formula is C14H24N2O. The molecule has 0 saturated heterocycles. The van der Waals surface area contributed by atoms with Gasteiger partial charge in [0.15, 0.2) is 0 Å². The Labute approximate surface area is 105 Å². The second kappa shape index (κ2) is 8.07. The average Bonchev–Trinajstić information content (AvgIpc) is 2.35. The molecule has 3 nitrogen and oxygen atoms in total. The van der Waals surface area contributed by atoms with Crippen LogP contribution >= 0.6 is 0 Å². The molecule has 0 radical (unpaired) electrons. The zero-order valence-corrected chi connectivity index (χ0v) is 11.2. The summed E-state index contributed by atoms with van der Waals surface area (Å²) in [6.07, 6.45) is 7.16. The van der Waals surface area contributed by atoms with Gasteiger partial charge in [-0.3, -0.25) is 4.98 Å². The Hall–Kier alpha value is -1.09. The summed E-state index contributed by atoms with van der Waals surface area (Å²) in [4.78, 5) is 4.25. The first kappa shape index (κ1) is 14.0. The van der Waals surface area contributed by atoms with E-state index in [9.17, 15) is 0 Å². The Morgan fingerprint density at radius 3 is 2.71 bits per heavy atom. The second-order valence-corrected chi connectivity index (χ2v) is 4.18. The highest BCUT2D eigenvalue weighted by atomic mass is 16.5. The topological polar surface area (TPSA) is 34.2 Å². The average molecular weight is 236 g/mol. The van der Waals surface area contributed by atoms with Crippen LogP contribution in [0.3, 0.4) is 0 Å². The third-order valence-corrected chi connectivity index (χ3v) is 2.67. The maximum absolute atomic E-state index is 5.49.